The molecule has 94 valence electrons. The van der Waals surface area contributed by atoms with Crippen molar-refractivity contribution in [3.05, 3.63) is 60.3 Å². The zero-order chi connectivity index (χ0) is 13.1. The van der Waals surface area contributed by atoms with E-state index in [9.17, 15) is 0 Å². The molecule has 0 aliphatic carbocycles. The summed E-state index contributed by atoms with van der Waals surface area (Å²) in [4.78, 5) is 9.93. The largest absolute Gasteiger partial charge is 0.392 e. The Hall–Kier alpha value is -1.91. The summed E-state index contributed by atoms with van der Waals surface area (Å²) in [5.74, 6) is 0. The molecule has 0 radical (unpaired) electrons. The van der Waals surface area contributed by atoms with Crippen LogP contribution < -0.4 is 0 Å². The normalized spacial score (nSPS) is 10.8. The van der Waals surface area contributed by atoms with E-state index in [4.69, 9.17) is 5.11 Å². The summed E-state index contributed by atoms with van der Waals surface area (Å²) in [7, 11) is 0. The molecule has 3 aromatic rings. The fourth-order valence-corrected chi connectivity index (χ4v) is 2.51. The van der Waals surface area contributed by atoms with Crippen LogP contribution in [0.15, 0.2) is 64.8 Å². The quantitative estimate of drug-likeness (QED) is 0.740. The Morgan fingerprint density at radius 1 is 1.00 bits per heavy atom. The maximum Gasteiger partial charge on any atom is 0.192 e. The number of benzene rings is 2. The van der Waals surface area contributed by atoms with Crippen molar-refractivity contribution in [3.63, 3.8) is 0 Å². The van der Waals surface area contributed by atoms with E-state index in [-0.39, 0.29) is 6.61 Å². The van der Waals surface area contributed by atoms with E-state index in [0.29, 0.717) is 0 Å². The summed E-state index contributed by atoms with van der Waals surface area (Å²) in [5, 5.41) is 10.8. The number of aliphatic hydroxyl groups excluding tert-OH is 1. The van der Waals surface area contributed by atoms with Crippen LogP contribution in [0.2, 0.25) is 0 Å². The number of fused-ring (bicyclic) bond motifs is 1. The third-order valence-electron chi connectivity index (χ3n) is 2.78. The molecule has 0 spiro atoms. The molecule has 0 saturated carbocycles. The second-order valence-corrected chi connectivity index (χ2v) is 5.16. The lowest BCUT2D eigenvalue weighted by Gasteiger charge is -2.02. The monoisotopic (exact) mass is 268 g/mol. The van der Waals surface area contributed by atoms with E-state index in [0.717, 1.165) is 26.5 Å². The molecule has 1 heterocycles. The van der Waals surface area contributed by atoms with Crippen molar-refractivity contribution in [2.45, 2.75) is 16.7 Å². The van der Waals surface area contributed by atoms with Crippen LogP contribution in [0, 0.1) is 0 Å². The van der Waals surface area contributed by atoms with Gasteiger partial charge in [-0.2, -0.15) is 0 Å². The molecule has 0 fully saturated rings. The third-order valence-corrected chi connectivity index (χ3v) is 3.67. The average Bonchev–Trinajstić information content (AvgIpc) is 2.48. The first-order valence-electron chi connectivity index (χ1n) is 5.94. The fraction of sp³-hybridized carbons (Fsp3) is 0.0667. The number of aliphatic hydroxyl groups is 1. The molecule has 0 atom stereocenters. The van der Waals surface area contributed by atoms with Crippen LogP contribution in [-0.2, 0) is 6.61 Å². The number of hydrogen-bond acceptors (Lipinski definition) is 4. The molecule has 0 bridgehead atoms. The highest BCUT2D eigenvalue weighted by Crippen LogP contribution is 2.25. The lowest BCUT2D eigenvalue weighted by Crippen LogP contribution is -1.87. The second kappa shape index (κ2) is 5.38. The number of nitrogens with zero attached hydrogens (tertiary/aromatic N) is 2. The van der Waals surface area contributed by atoms with E-state index in [2.05, 4.69) is 9.97 Å². The first-order valence-corrected chi connectivity index (χ1v) is 6.76. The molecule has 0 saturated heterocycles. The zero-order valence-corrected chi connectivity index (χ0v) is 11.0. The second-order valence-electron chi connectivity index (χ2n) is 4.12. The molecule has 0 unspecified atom stereocenters. The molecule has 3 rings (SSSR count). The van der Waals surface area contributed by atoms with Crippen LogP contribution in [-0.4, -0.2) is 15.1 Å². The minimum atomic E-state index is 0.0669. The molecule has 0 aliphatic rings. The van der Waals surface area contributed by atoms with Gasteiger partial charge in [-0.25, -0.2) is 9.97 Å². The van der Waals surface area contributed by atoms with Crippen molar-refractivity contribution >= 4 is 22.7 Å². The predicted molar refractivity (Wildman–Crippen MR) is 76.0 cm³/mol. The minimum Gasteiger partial charge on any atom is -0.392 e. The van der Waals surface area contributed by atoms with Crippen molar-refractivity contribution in [2.75, 3.05) is 0 Å². The van der Waals surface area contributed by atoms with E-state index in [1.807, 2.05) is 54.7 Å². The van der Waals surface area contributed by atoms with Crippen molar-refractivity contribution in [3.8, 4) is 0 Å². The van der Waals surface area contributed by atoms with Crippen LogP contribution in [0.5, 0.6) is 0 Å². The maximum absolute atomic E-state index is 9.01. The molecule has 1 aromatic heterocycles. The lowest BCUT2D eigenvalue weighted by molar-refractivity contribution is 0.282. The third kappa shape index (κ3) is 2.75. The zero-order valence-electron chi connectivity index (χ0n) is 10.2. The van der Waals surface area contributed by atoms with E-state index in [1.165, 1.54) is 11.8 Å². The highest BCUT2D eigenvalue weighted by molar-refractivity contribution is 7.99. The van der Waals surface area contributed by atoms with Gasteiger partial charge in [0.15, 0.2) is 5.16 Å². The van der Waals surface area contributed by atoms with Crippen LogP contribution in [0.1, 0.15) is 5.56 Å². The number of para-hydroxylation sites is 1. The maximum atomic E-state index is 9.01. The van der Waals surface area contributed by atoms with Crippen LogP contribution in [0.3, 0.4) is 0 Å². The van der Waals surface area contributed by atoms with Gasteiger partial charge in [0.05, 0.1) is 12.1 Å². The first kappa shape index (κ1) is 12.1. The Morgan fingerprint density at radius 3 is 2.58 bits per heavy atom. The standard InChI is InChI=1S/C15H12N2OS/c18-10-11-5-7-13(8-6-11)19-15-16-9-12-3-1-2-4-14(12)17-15/h1-9,18H,10H2. The van der Waals surface area contributed by atoms with Gasteiger partial charge in [0.25, 0.3) is 0 Å². The molecule has 2 aromatic carbocycles. The Balaban J connectivity index is 1.87. The van der Waals surface area contributed by atoms with E-state index >= 15 is 0 Å². The van der Waals surface area contributed by atoms with Gasteiger partial charge in [-0.05, 0) is 35.5 Å². The van der Waals surface area contributed by atoms with Gasteiger partial charge in [-0.15, -0.1) is 0 Å². The smallest absolute Gasteiger partial charge is 0.192 e. The highest BCUT2D eigenvalue weighted by atomic mass is 32.2. The summed E-state index contributed by atoms with van der Waals surface area (Å²) in [6.45, 7) is 0.0669. The van der Waals surface area contributed by atoms with Gasteiger partial charge >= 0.3 is 0 Å². The Labute approximate surface area is 115 Å². The topological polar surface area (TPSA) is 46.0 Å². The molecule has 1 N–H and O–H groups in total. The summed E-state index contributed by atoms with van der Waals surface area (Å²) in [6, 6.07) is 15.7. The van der Waals surface area contributed by atoms with Crippen LogP contribution >= 0.6 is 11.8 Å². The average molecular weight is 268 g/mol. The van der Waals surface area contributed by atoms with Gasteiger partial charge in [0.2, 0.25) is 0 Å². The van der Waals surface area contributed by atoms with Crippen molar-refractivity contribution in [1.82, 2.24) is 9.97 Å². The SMILES string of the molecule is OCc1ccc(Sc2ncc3ccccc3n2)cc1. The Bertz CT molecular complexity index is 698. The van der Waals surface area contributed by atoms with Crippen LogP contribution in [0.4, 0.5) is 0 Å². The van der Waals surface area contributed by atoms with Gasteiger partial charge < -0.3 is 5.11 Å². The first-order chi connectivity index (χ1) is 9.35. The van der Waals surface area contributed by atoms with Gasteiger partial charge in [-0.3, -0.25) is 0 Å². The molecule has 0 aliphatic heterocycles. The molecule has 4 heteroatoms. The number of aromatic nitrogens is 2. The van der Waals surface area contributed by atoms with Gasteiger partial charge in [0.1, 0.15) is 0 Å². The Kier molecular flexibility index (Phi) is 3.44. The van der Waals surface area contributed by atoms with Gasteiger partial charge in [-0.1, -0.05) is 30.3 Å². The predicted octanol–water partition coefficient (Wildman–Crippen LogP) is 3.27. The summed E-state index contributed by atoms with van der Waals surface area (Å²) in [5.41, 5.74) is 1.86. The summed E-state index contributed by atoms with van der Waals surface area (Å²) < 4.78 is 0. The molecular weight excluding hydrogens is 256 g/mol. The molecule has 3 nitrogen and oxygen atoms in total. The lowest BCUT2D eigenvalue weighted by atomic mass is 10.2. The Morgan fingerprint density at radius 2 is 1.79 bits per heavy atom. The summed E-state index contributed by atoms with van der Waals surface area (Å²) in [6.07, 6.45) is 1.84. The molecule has 19 heavy (non-hydrogen) atoms. The van der Waals surface area contributed by atoms with Crippen LogP contribution in [0.25, 0.3) is 10.9 Å². The number of rotatable bonds is 3. The fourth-order valence-electron chi connectivity index (χ4n) is 1.77. The van der Waals surface area contributed by atoms with Crippen molar-refractivity contribution < 1.29 is 5.11 Å². The van der Waals surface area contributed by atoms with Crippen molar-refractivity contribution in [2.24, 2.45) is 0 Å². The highest BCUT2D eigenvalue weighted by Gasteiger charge is 2.02. The molecule has 0 amide bonds. The van der Waals surface area contributed by atoms with Gasteiger partial charge in [0, 0.05) is 16.5 Å². The van der Waals surface area contributed by atoms with E-state index in [1.54, 1.807) is 0 Å². The van der Waals surface area contributed by atoms with E-state index < -0.39 is 0 Å². The minimum absolute atomic E-state index is 0.0669. The van der Waals surface area contributed by atoms with Crippen molar-refractivity contribution in [1.29, 1.82) is 0 Å². The summed E-state index contributed by atoms with van der Waals surface area (Å²) >= 11 is 1.52. The number of hydrogen-bond donors (Lipinski definition) is 1. The molecular formula is C15H12N2OS.